The van der Waals surface area contributed by atoms with Crippen LogP contribution in [-0.4, -0.2) is 26.8 Å². The summed E-state index contributed by atoms with van der Waals surface area (Å²) in [5.74, 6) is 1.62. The van der Waals surface area contributed by atoms with E-state index in [9.17, 15) is 9.59 Å². The van der Waals surface area contributed by atoms with Gasteiger partial charge in [-0.2, -0.15) is 0 Å². The van der Waals surface area contributed by atoms with Crippen LogP contribution in [0.25, 0.3) is 45.8 Å². The maximum absolute atomic E-state index is 11.3. The van der Waals surface area contributed by atoms with Gasteiger partial charge in [0.25, 0.3) is 0 Å². The molecule has 64 heavy (non-hydrogen) atoms. The molecule has 0 amide bonds. The van der Waals surface area contributed by atoms with Crippen molar-refractivity contribution in [2.45, 2.75) is 0 Å². The molecule has 9 aromatic carbocycles. The number of carbonyl (C=O) groups excluding carboxylic acids is 2. The lowest BCUT2D eigenvalue weighted by atomic mass is 9.99. The minimum atomic E-state index is 0.611. The zero-order chi connectivity index (χ0) is 43.8. The Kier molecular flexibility index (Phi) is 11.9. The van der Waals surface area contributed by atoms with Crippen LogP contribution in [0.1, 0.15) is 43.0 Å². The molecule has 0 aliphatic heterocycles. The molecule has 0 aliphatic rings. The Morgan fingerprint density at radius 1 is 0.297 bits per heavy atom. The summed E-state index contributed by atoms with van der Waals surface area (Å²) in [4.78, 5) is 27.0. The minimum absolute atomic E-state index is 0.611. The Morgan fingerprint density at radius 2 is 0.562 bits per heavy atom. The van der Waals surface area contributed by atoms with Crippen molar-refractivity contribution in [3.8, 4) is 11.5 Å². The molecule has 0 N–H and O–H groups in total. The molecule has 0 bridgehead atoms. The highest BCUT2D eigenvalue weighted by Gasteiger charge is 2.14. The van der Waals surface area contributed by atoms with Crippen molar-refractivity contribution in [3.63, 3.8) is 0 Å². The first-order valence-corrected chi connectivity index (χ1v) is 21.0. The van der Waals surface area contributed by atoms with Gasteiger partial charge < -0.3 is 19.3 Å². The normalized spacial score (nSPS) is 11.3. The van der Waals surface area contributed by atoms with Crippen molar-refractivity contribution in [1.82, 2.24) is 0 Å². The summed E-state index contributed by atoms with van der Waals surface area (Å²) in [7, 11) is 3.35. The fourth-order valence-corrected chi connectivity index (χ4v) is 7.86. The van der Waals surface area contributed by atoms with Crippen LogP contribution in [0.3, 0.4) is 0 Å². The Morgan fingerprint density at radius 3 is 0.859 bits per heavy atom. The van der Waals surface area contributed by atoms with Crippen molar-refractivity contribution in [2.24, 2.45) is 0 Å². The maximum atomic E-state index is 11.3. The number of fused-ring (bicyclic) bond motifs is 2. The predicted molar refractivity (Wildman–Crippen MR) is 265 cm³/mol. The van der Waals surface area contributed by atoms with Crippen molar-refractivity contribution in [1.29, 1.82) is 0 Å². The second-order valence-electron chi connectivity index (χ2n) is 15.4. The van der Waals surface area contributed by atoms with E-state index in [1.165, 1.54) is 21.5 Å². The van der Waals surface area contributed by atoms with Crippen LogP contribution in [0.5, 0.6) is 11.5 Å². The summed E-state index contributed by atoms with van der Waals surface area (Å²) in [5, 5.41) is 4.75. The number of ether oxygens (including phenoxy) is 2. The number of carbonyl (C=O) groups is 2. The summed E-state index contributed by atoms with van der Waals surface area (Å²) < 4.78 is 10.8. The number of nitrogens with zero attached hydrogens (tertiary/aromatic N) is 2. The van der Waals surface area contributed by atoms with Gasteiger partial charge in [-0.05, 0) is 189 Å². The average molecular weight is 833 g/mol. The summed E-state index contributed by atoms with van der Waals surface area (Å²) >= 11 is 0. The molecular formula is C58H44N2O4. The average Bonchev–Trinajstić information content (AvgIpc) is 3.36. The first-order chi connectivity index (χ1) is 31.5. The lowest BCUT2D eigenvalue weighted by molar-refractivity contribution is 0.111. The smallest absolute Gasteiger partial charge is 0.150 e. The highest BCUT2D eigenvalue weighted by atomic mass is 16.5. The quantitative estimate of drug-likeness (QED) is 0.0618. The van der Waals surface area contributed by atoms with Crippen LogP contribution < -0.4 is 19.3 Å². The van der Waals surface area contributed by atoms with E-state index in [1.54, 1.807) is 38.5 Å². The first kappa shape index (κ1) is 40.9. The minimum Gasteiger partial charge on any atom is -0.497 e. The molecule has 0 aliphatic carbocycles. The van der Waals surface area contributed by atoms with Gasteiger partial charge in [0.05, 0.1) is 14.2 Å². The summed E-state index contributed by atoms with van der Waals surface area (Å²) in [6, 6.07) is 65.7. The number of aldehydes is 2. The van der Waals surface area contributed by atoms with Gasteiger partial charge in [0.15, 0.2) is 0 Å². The van der Waals surface area contributed by atoms with Crippen LogP contribution >= 0.6 is 0 Å². The summed E-state index contributed by atoms with van der Waals surface area (Å²) in [6.45, 7) is 0. The molecule has 6 nitrogen and oxygen atoms in total. The fourth-order valence-electron chi connectivity index (χ4n) is 7.86. The van der Waals surface area contributed by atoms with E-state index in [2.05, 4.69) is 155 Å². The Labute approximate surface area is 373 Å². The zero-order valence-corrected chi connectivity index (χ0v) is 35.5. The molecule has 9 rings (SSSR count). The van der Waals surface area contributed by atoms with Gasteiger partial charge in [0.1, 0.15) is 24.1 Å². The van der Waals surface area contributed by atoms with Gasteiger partial charge in [0, 0.05) is 45.3 Å². The molecule has 0 radical (unpaired) electrons. The third-order valence-corrected chi connectivity index (χ3v) is 11.3. The van der Waals surface area contributed by atoms with Gasteiger partial charge in [-0.25, -0.2) is 0 Å². The Bertz CT molecular complexity index is 3020. The Balaban J connectivity index is 0.900. The van der Waals surface area contributed by atoms with E-state index in [4.69, 9.17) is 9.47 Å². The second kappa shape index (κ2) is 18.6. The van der Waals surface area contributed by atoms with Crippen LogP contribution in [0.4, 0.5) is 34.1 Å². The van der Waals surface area contributed by atoms with Crippen molar-refractivity contribution < 1.29 is 19.1 Å². The van der Waals surface area contributed by atoms with E-state index < -0.39 is 0 Å². The predicted octanol–water partition coefficient (Wildman–Crippen LogP) is 14.9. The van der Waals surface area contributed by atoms with Crippen LogP contribution in [0.15, 0.2) is 194 Å². The highest BCUT2D eigenvalue weighted by Crippen LogP contribution is 2.37. The first-order valence-electron chi connectivity index (χ1n) is 21.0. The third kappa shape index (κ3) is 9.08. The van der Waals surface area contributed by atoms with E-state index >= 15 is 0 Å². The molecule has 310 valence electrons. The topological polar surface area (TPSA) is 59.1 Å². The van der Waals surface area contributed by atoms with Gasteiger partial charge >= 0.3 is 0 Å². The molecule has 0 spiro atoms. The SMILES string of the molecule is COc1ccc(N(c2ccc(/C=C\c3ccc4cc5cc(/C=C\c6ccc(N(c7ccc(C=O)cc7)c7ccc(C=O)cc7)cc6)ccc5cc4c3)cc2)c2ccc(OC)cc2)cc1. The summed E-state index contributed by atoms with van der Waals surface area (Å²) in [6.07, 6.45) is 10.3. The molecule has 0 atom stereocenters. The number of hydrogen-bond acceptors (Lipinski definition) is 6. The number of benzene rings is 9. The molecule has 9 aromatic rings. The van der Waals surface area contributed by atoms with Crippen LogP contribution in [0.2, 0.25) is 0 Å². The number of hydrogen-bond donors (Lipinski definition) is 0. The molecular weight excluding hydrogens is 789 g/mol. The van der Waals surface area contributed by atoms with Crippen LogP contribution in [-0.2, 0) is 0 Å². The molecule has 0 saturated heterocycles. The van der Waals surface area contributed by atoms with Crippen LogP contribution in [0, 0.1) is 0 Å². The standard InChI is InChI=1S/C58H44N2O4/c1-63-57-31-27-55(28-32-57)60(56-29-33-58(64-2)34-30-56)52-21-11-42(12-22-52)4-6-44-8-18-48-37-49-35-43(7-17-47(49)38-50(48)36-44)5-3-41-9-19-51(20-10-41)59(53-23-13-45(39-61)14-24-53)54-25-15-46(40-62)16-26-54/h3-40H,1-2H3/b5-3-,6-4-. The van der Waals surface area contributed by atoms with Gasteiger partial charge in [-0.3, -0.25) is 9.59 Å². The van der Waals surface area contributed by atoms with Gasteiger partial charge in [-0.1, -0.05) is 72.8 Å². The molecule has 0 heterocycles. The molecule has 0 fully saturated rings. The number of anilines is 6. The summed E-state index contributed by atoms with van der Waals surface area (Å²) in [5.41, 5.74) is 11.5. The zero-order valence-electron chi connectivity index (χ0n) is 35.5. The number of methoxy groups -OCH3 is 2. The van der Waals surface area contributed by atoms with E-state index in [1.807, 2.05) is 48.5 Å². The van der Waals surface area contributed by atoms with Crippen molar-refractivity contribution >= 4 is 92.5 Å². The lowest BCUT2D eigenvalue weighted by Crippen LogP contribution is -2.10. The van der Waals surface area contributed by atoms with Crippen molar-refractivity contribution in [3.05, 3.63) is 228 Å². The van der Waals surface area contributed by atoms with E-state index in [0.717, 1.165) is 80.4 Å². The lowest BCUT2D eigenvalue weighted by Gasteiger charge is -2.26. The number of rotatable bonds is 14. The molecule has 0 unspecified atom stereocenters. The molecule has 6 heteroatoms. The second-order valence-corrected chi connectivity index (χ2v) is 15.4. The monoisotopic (exact) mass is 832 g/mol. The maximum Gasteiger partial charge on any atom is 0.150 e. The van der Waals surface area contributed by atoms with Crippen molar-refractivity contribution in [2.75, 3.05) is 24.0 Å². The highest BCUT2D eigenvalue weighted by molar-refractivity contribution is 6.00. The third-order valence-electron chi connectivity index (χ3n) is 11.3. The molecule has 0 aromatic heterocycles. The largest absolute Gasteiger partial charge is 0.497 e. The fraction of sp³-hybridized carbons (Fsp3) is 0.0345. The van der Waals surface area contributed by atoms with Gasteiger partial charge in [-0.15, -0.1) is 0 Å². The van der Waals surface area contributed by atoms with E-state index in [-0.39, 0.29) is 0 Å². The Hall–Kier alpha value is -8.48. The van der Waals surface area contributed by atoms with Gasteiger partial charge in [0.2, 0.25) is 0 Å². The van der Waals surface area contributed by atoms with E-state index in [0.29, 0.717) is 11.1 Å². The molecule has 0 saturated carbocycles.